The molecule has 0 radical (unpaired) electrons. The second-order valence-electron chi connectivity index (χ2n) is 7.53. The first kappa shape index (κ1) is 22.2. The van der Waals surface area contributed by atoms with E-state index in [1.165, 1.54) is 14.0 Å². The molecule has 170 valence electrons. The van der Waals surface area contributed by atoms with Crippen LogP contribution in [0.5, 0.6) is 11.5 Å². The maximum absolute atomic E-state index is 12.6. The molecule has 3 aromatic carbocycles. The SMILES string of the molecule is COc1cc2c(cc1NC(=O)C(C)OC(=O)CCCOc1ccccc1)oc1ccccc12. The minimum atomic E-state index is -0.969. The Hall–Kier alpha value is -4.00. The molecule has 0 aliphatic rings. The van der Waals surface area contributed by atoms with Crippen molar-refractivity contribution in [2.75, 3.05) is 19.0 Å². The van der Waals surface area contributed by atoms with Crippen molar-refractivity contribution in [2.24, 2.45) is 0 Å². The van der Waals surface area contributed by atoms with Gasteiger partial charge in [-0.25, -0.2) is 0 Å². The Balaban J connectivity index is 1.34. The van der Waals surface area contributed by atoms with E-state index in [-0.39, 0.29) is 6.42 Å². The molecule has 0 aliphatic heterocycles. The van der Waals surface area contributed by atoms with Crippen LogP contribution in [0.1, 0.15) is 19.8 Å². The zero-order chi connectivity index (χ0) is 23.2. The highest BCUT2D eigenvalue weighted by Gasteiger charge is 2.20. The minimum Gasteiger partial charge on any atom is -0.495 e. The van der Waals surface area contributed by atoms with Gasteiger partial charge in [0.1, 0.15) is 22.7 Å². The smallest absolute Gasteiger partial charge is 0.306 e. The summed E-state index contributed by atoms with van der Waals surface area (Å²) in [5.74, 6) is 0.305. The maximum atomic E-state index is 12.6. The molecule has 7 nitrogen and oxygen atoms in total. The monoisotopic (exact) mass is 447 g/mol. The highest BCUT2D eigenvalue weighted by molar-refractivity contribution is 6.08. The molecule has 4 rings (SSSR count). The van der Waals surface area contributed by atoms with Crippen molar-refractivity contribution in [2.45, 2.75) is 25.9 Å². The predicted molar refractivity (Wildman–Crippen MR) is 126 cm³/mol. The third-order valence-corrected chi connectivity index (χ3v) is 5.17. The molecule has 1 N–H and O–H groups in total. The summed E-state index contributed by atoms with van der Waals surface area (Å²) in [6.45, 7) is 1.91. The van der Waals surface area contributed by atoms with Gasteiger partial charge in [0.25, 0.3) is 5.91 Å². The van der Waals surface area contributed by atoms with Crippen LogP contribution in [0.15, 0.2) is 71.1 Å². The number of methoxy groups -OCH3 is 1. The van der Waals surface area contributed by atoms with Gasteiger partial charge in [-0.1, -0.05) is 36.4 Å². The number of fused-ring (bicyclic) bond motifs is 3. The van der Waals surface area contributed by atoms with Crippen molar-refractivity contribution in [3.63, 3.8) is 0 Å². The molecular formula is C26H25NO6. The molecule has 0 aliphatic carbocycles. The van der Waals surface area contributed by atoms with Gasteiger partial charge in [0.2, 0.25) is 0 Å². The maximum Gasteiger partial charge on any atom is 0.306 e. The number of carbonyl (C=O) groups excluding carboxylic acids is 2. The topological polar surface area (TPSA) is 87.0 Å². The van der Waals surface area contributed by atoms with Crippen LogP contribution in [0.3, 0.4) is 0 Å². The van der Waals surface area contributed by atoms with Gasteiger partial charge in [0, 0.05) is 23.3 Å². The van der Waals surface area contributed by atoms with E-state index in [2.05, 4.69) is 5.32 Å². The van der Waals surface area contributed by atoms with Crippen molar-refractivity contribution < 1.29 is 28.2 Å². The number of benzene rings is 3. The number of para-hydroxylation sites is 2. The van der Waals surface area contributed by atoms with Gasteiger partial charge in [-0.2, -0.15) is 0 Å². The van der Waals surface area contributed by atoms with Gasteiger partial charge in [-0.3, -0.25) is 9.59 Å². The fourth-order valence-corrected chi connectivity index (χ4v) is 3.49. The van der Waals surface area contributed by atoms with Crippen molar-refractivity contribution in [3.8, 4) is 11.5 Å². The normalized spacial score (nSPS) is 11.8. The average molecular weight is 447 g/mol. The molecule has 1 atom stereocenters. The summed E-state index contributed by atoms with van der Waals surface area (Å²) in [7, 11) is 1.53. The molecule has 1 heterocycles. The zero-order valence-corrected chi connectivity index (χ0v) is 18.5. The molecule has 0 saturated carbocycles. The van der Waals surface area contributed by atoms with Gasteiger partial charge < -0.3 is 23.9 Å². The molecule has 33 heavy (non-hydrogen) atoms. The predicted octanol–water partition coefficient (Wildman–Crippen LogP) is 5.32. The van der Waals surface area contributed by atoms with Crippen LogP contribution in [-0.4, -0.2) is 31.7 Å². The molecule has 1 amide bonds. The van der Waals surface area contributed by atoms with Crippen LogP contribution in [0.2, 0.25) is 0 Å². The van der Waals surface area contributed by atoms with Gasteiger partial charge >= 0.3 is 5.97 Å². The standard InChI is InChI=1S/C26H25NO6/c1-17(32-25(28)13-8-14-31-18-9-4-3-5-10-18)26(29)27-21-16-23-20(15-24(21)30-2)19-11-6-7-12-22(19)33-23/h3-7,9-12,15-17H,8,13-14H2,1-2H3,(H,27,29). The average Bonchev–Trinajstić information content (AvgIpc) is 3.19. The molecule has 0 fully saturated rings. The van der Waals surface area contributed by atoms with E-state index >= 15 is 0 Å². The van der Waals surface area contributed by atoms with Crippen LogP contribution < -0.4 is 14.8 Å². The van der Waals surface area contributed by atoms with E-state index in [0.717, 1.165) is 22.1 Å². The third-order valence-electron chi connectivity index (χ3n) is 5.17. The lowest BCUT2D eigenvalue weighted by Crippen LogP contribution is -2.30. The largest absolute Gasteiger partial charge is 0.495 e. The Morgan fingerprint density at radius 1 is 0.970 bits per heavy atom. The highest BCUT2D eigenvalue weighted by atomic mass is 16.5. The third kappa shape index (κ3) is 5.26. The van der Waals surface area contributed by atoms with Crippen molar-refractivity contribution >= 4 is 39.5 Å². The Morgan fingerprint density at radius 3 is 2.52 bits per heavy atom. The number of ether oxygens (including phenoxy) is 3. The summed E-state index contributed by atoms with van der Waals surface area (Å²) in [5, 5.41) is 4.61. The molecule has 4 aromatic rings. The quantitative estimate of drug-likeness (QED) is 0.276. The number of amides is 1. The van der Waals surface area contributed by atoms with Gasteiger partial charge in [0.15, 0.2) is 6.10 Å². The highest BCUT2D eigenvalue weighted by Crippen LogP contribution is 2.36. The Morgan fingerprint density at radius 2 is 1.73 bits per heavy atom. The van der Waals surface area contributed by atoms with Gasteiger partial charge in [-0.15, -0.1) is 0 Å². The summed E-state index contributed by atoms with van der Waals surface area (Å²) in [6, 6.07) is 20.6. The number of furan rings is 1. The van der Waals surface area contributed by atoms with E-state index in [1.807, 2.05) is 60.7 Å². The molecule has 0 spiro atoms. The van der Waals surface area contributed by atoms with E-state index in [9.17, 15) is 9.59 Å². The second kappa shape index (κ2) is 10.1. The van der Waals surface area contributed by atoms with Crippen molar-refractivity contribution in [1.29, 1.82) is 0 Å². The van der Waals surface area contributed by atoms with Gasteiger partial charge in [0.05, 0.1) is 19.4 Å². The molecule has 0 saturated heterocycles. The zero-order valence-electron chi connectivity index (χ0n) is 18.5. The lowest BCUT2D eigenvalue weighted by atomic mass is 10.1. The van der Waals surface area contributed by atoms with E-state index in [4.69, 9.17) is 18.6 Å². The summed E-state index contributed by atoms with van der Waals surface area (Å²) in [4.78, 5) is 24.8. The summed E-state index contributed by atoms with van der Waals surface area (Å²) < 4.78 is 22.2. The fraction of sp³-hybridized carbons (Fsp3) is 0.231. The number of nitrogens with one attached hydrogen (secondary N) is 1. The number of esters is 1. The number of hydrogen-bond donors (Lipinski definition) is 1. The first-order valence-corrected chi connectivity index (χ1v) is 10.7. The first-order chi connectivity index (χ1) is 16.0. The second-order valence-corrected chi connectivity index (χ2v) is 7.53. The Kier molecular flexibility index (Phi) is 6.78. The number of anilines is 1. The molecule has 7 heteroatoms. The summed E-state index contributed by atoms with van der Waals surface area (Å²) in [5.41, 5.74) is 1.81. The Bertz CT molecular complexity index is 1260. The molecular weight excluding hydrogens is 422 g/mol. The van der Waals surface area contributed by atoms with E-state index in [1.54, 1.807) is 6.07 Å². The number of hydrogen-bond acceptors (Lipinski definition) is 6. The Labute approximate surface area is 191 Å². The van der Waals surface area contributed by atoms with E-state index < -0.39 is 18.0 Å². The van der Waals surface area contributed by atoms with Crippen LogP contribution in [-0.2, 0) is 14.3 Å². The minimum absolute atomic E-state index is 0.152. The lowest BCUT2D eigenvalue weighted by molar-refractivity contribution is -0.153. The van der Waals surface area contributed by atoms with Crippen molar-refractivity contribution in [1.82, 2.24) is 0 Å². The van der Waals surface area contributed by atoms with Gasteiger partial charge in [-0.05, 0) is 37.6 Å². The van der Waals surface area contributed by atoms with Crippen molar-refractivity contribution in [3.05, 3.63) is 66.7 Å². The lowest BCUT2D eigenvalue weighted by Gasteiger charge is -2.15. The number of rotatable bonds is 9. The first-order valence-electron chi connectivity index (χ1n) is 10.7. The van der Waals surface area contributed by atoms with E-state index in [0.29, 0.717) is 30.0 Å². The van der Waals surface area contributed by atoms with Crippen LogP contribution in [0.4, 0.5) is 5.69 Å². The molecule has 1 aromatic heterocycles. The number of carbonyl (C=O) groups is 2. The molecule has 1 unspecified atom stereocenters. The van der Waals surface area contributed by atoms with Crippen LogP contribution in [0.25, 0.3) is 21.9 Å². The summed E-state index contributed by atoms with van der Waals surface area (Å²) in [6.07, 6.45) is -0.333. The van der Waals surface area contributed by atoms with Crippen LogP contribution >= 0.6 is 0 Å². The molecule has 0 bridgehead atoms. The fourth-order valence-electron chi connectivity index (χ4n) is 3.49. The summed E-state index contributed by atoms with van der Waals surface area (Å²) >= 11 is 0. The van der Waals surface area contributed by atoms with Crippen LogP contribution in [0, 0.1) is 0 Å².